The highest BCUT2D eigenvalue weighted by molar-refractivity contribution is 6.04. The molecule has 0 aliphatic rings. The van der Waals surface area contributed by atoms with Crippen LogP contribution in [0.1, 0.15) is 16.2 Å². The zero-order valence-corrected chi connectivity index (χ0v) is 11.6. The Kier molecular flexibility index (Phi) is 3.27. The largest absolute Gasteiger partial charge is 0.496 e. The summed E-state index contributed by atoms with van der Waals surface area (Å²) in [4.78, 5) is 16.6. The van der Waals surface area contributed by atoms with Gasteiger partial charge < -0.3 is 14.6 Å². The third kappa shape index (κ3) is 2.55. The van der Waals surface area contributed by atoms with Crippen molar-refractivity contribution in [2.24, 2.45) is 0 Å². The summed E-state index contributed by atoms with van der Waals surface area (Å²) in [5, 5.41) is 7.21. The van der Waals surface area contributed by atoms with Crippen LogP contribution >= 0.6 is 0 Å². The van der Waals surface area contributed by atoms with Gasteiger partial charge in [-0.05, 0) is 19.1 Å². The Bertz CT molecular complexity index is 811. The standard InChI is InChI=1S/C15H13N3O3/c1-9-7-14(18-21-9)17-15(19)12-8-13(20-2)10-5-3-4-6-11(10)16-12/h3-8H,1-2H3,(H,17,18,19). The Balaban J connectivity index is 1.98. The van der Waals surface area contributed by atoms with Crippen LogP contribution in [0.5, 0.6) is 5.75 Å². The minimum atomic E-state index is -0.368. The Morgan fingerprint density at radius 1 is 1.29 bits per heavy atom. The lowest BCUT2D eigenvalue weighted by atomic mass is 10.2. The highest BCUT2D eigenvalue weighted by Crippen LogP contribution is 2.25. The minimum absolute atomic E-state index is 0.256. The molecule has 21 heavy (non-hydrogen) atoms. The summed E-state index contributed by atoms with van der Waals surface area (Å²) in [5.74, 6) is 1.20. The van der Waals surface area contributed by atoms with E-state index in [0.29, 0.717) is 22.8 Å². The molecule has 0 saturated heterocycles. The Morgan fingerprint density at radius 3 is 2.81 bits per heavy atom. The second-order valence-electron chi connectivity index (χ2n) is 4.50. The van der Waals surface area contributed by atoms with Crippen molar-refractivity contribution in [2.45, 2.75) is 6.92 Å². The number of para-hydroxylation sites is 1. The smallest absolute Gasteiger partial charge is 0.275 e. The molecule has 1 aromatic carbocycles. The zero-order chi connectivity index (χ0) is 14.8. The number of hydrogen-bond donors (Lipinski definition) is 1. The molecule has 0 saturated carbocycles. The average Bonchev–Trinajstić information content (AvgIpc) is 2.91. The average molecular weight is 283 g/mol. The fraction of sp³-hybridized carbons (Fsp3) is 0.133. The first-order chi connectivity index (χ1) is 10.2. The highest BCUT2D eigenvalue weighted by Gasteiger charge is 2.14. The van der Waals surface area contributed by atoms with E-state index in [-0.39, 0.29) is 11.6 Å². The van der Waals surface area contributed by atoms with Crippen LogP contribution in [0.2, 0.25) is 0 Å². The molecule has 3 aromatic rings. The van der Waals surface area contributed by atoms with Crippen LogP contribution in [0.15, 0.2) is 40.9 Å². The van der Waals surface area contributed by atoms with Crippen molar-refractivity contribution in [3.63, 3.8) is 0 Å². The van der Waals surface area contributed by atoms with Crippen molar-refractivity contribution < 1.29 is 14.1 Å². The predicted octanol–water partition coefficient (Wildman–Crippen LogP) is 2.79. The van der Waals surface area contributed by atoms with Crippen LogP contribution in [0.25, 0.3) is 10.9 Å². The van der Waals surface area contributed by atoms with Gasteiger partial charge in [0, 0.05) is 17.5 Å². The van der Waals surface area contributed by atoms with E-state index in [1.165, 1.54) is 0 Å². The van der Waals surface area contributed by atoms with Crippen molar-refractivity contribution in [1.29, 1.82) is 0 Å². The molecule has 0 spiro atoms. The molecule has 6 nitrogen and oxygen atoms in total. The van der Waals surface area contributed by atoms with Crippen molar-refractivity contribution in [1.82, 2.24) is 10.1 Å². The van der Waals surface area contributed by atoms with E-state index in [0.717, 1.165) is 5.39 Å². The monoisotopic (exact) mass is 283 g/mol. The number of amides is 1. The number of carbonyl (C=O) groups excluding carboxylic acids is 1. The number of methoxy groups -OCH3 is 1. The molecule has 1 amide bonds. The van der Waals surface area contributed by atoms with Crippen LogP contribution in [0, 0.1) is 6.92 Å². The van der Waals surface area contributed by atoms with E-state index in [1.807, 2.05) is 24.3 Å². The lowest BCUT2D eigenvalue weighted by Crippen LogP contribution is -2.14. The maximum Gasteiger partial charge on any atom is 0.275 e. The van der Waals surface area contributed by atoms with Gasteiger partial charge in [0.2, 0.25) is 0 Å². The second-order valence-corrected chi connectivity index (χ2v) is 4.50. The van der Waals surface area contributed by atoms with Gasteiger partial charge in [-0.3, -0.25) is 4.79 Å². The molecule has 0 unspecified atom stereocenters. The number of carbonyl (C=O) groups is 1. The van der Waals surface area contributed by atoms with E-state index in [4.69, 9.17) is 9.26 Å². The first kappa shape index (κ1) is 13.1. The maximum atomic E-state index is 12.2. The first-order valence-corrected chi connectivity index (χ1v) is 6.36. The van der Waals surface area contributed by atoms with Gasteiger partial charge in [-0.2, -0.15) is 0 Å². The summed E-state index contributed by atoms with van der Waals surface area (Å²) in [6.45, 7) is 1.75. The molecule has 0 atom stereocenters. The molecule has 0 bridgehead atoms. The van der Waals surface area contributed by atoms with Crippen LogP contribution in [0.4, 0.5) is 5.82 Å². The van der Waals surface area contributed by atoms with Crippen molar-refractivity contribution in [2.75, 3.05) is 12.4 Å². The van der Waals surface area contributed by atoms with Gasteiger partial charge in [-0.15, -0.1) is 0 Å². The Labute approximate surface area is 120 Å². The number of pyridine rings is 1. The van der Waals surface area contributed by atoms with Gasteiger partial charge in [-0.1, -0.05) is 17.3 Å². The summed E-state index contributed by atoms with van der Waals surface area (Å²) in [5.41, 5.74) is 0.949. The van der Waals surface area contributed by atoms with Crippen LogP contribution in [0.3, 0.4) is 0 Å². The maximum absolute atomic E-state index is 12.2. The topological polar surface area (TPSA) is 77.2 Å². The Morgan fingerprint density at radius 2 is 2.10 bits per heavy atom. The molecular formula is C15H13N3O3. The number of hydrogen-bond acceptors (Lipinski definition) is 5. The fourth-order valence-corrected chi connectivity index (χ4v) is 2.03. The van der Waals surface area contributed by atoms with Gasteiger partial charge in [0.15, 0.2) is 5.82 Å². The number of nitrogens with one attached hydrogen (secondary N) is 1. The molecule has 0 fully saturated rings. The molecule has 106 valence electrons. The number of fused-ring (bicyclic) bond motifs is 1. The number of benzene rings is 1. The third-order valence-corrected chi connectivity index (χ3v) is 3.00. The van der Waals surface area contributed by atoms with Crippen LogP contribution in [-0.4, -0.2) is 23.2 Å². The van der Waals surface area contributed by atoms with Crippen molar-refractivity contribution in [3.8, 4) is 5.75 Å². The number of aryl methyl sites for hydroxylation is 1. The summed E-state index contributed by atoms with van der Waals surface area (Å²) in [6, 6.07) is 10.7. The highest BCUT2D eigenvalue weighted by atomic mass is 16.5. The van der Waals surface area contributed by atoms with Crippen LogP contribution in [-0.2, 0) is 0 Å². The number of anilines is 1. The lowest BCUT2D eigenvalue weighted by Gasteiger charge is -2.08. The summed E-state index contributed by atoms with van der Waals surface area (Å²) >= 11 is 0. The van der Waals surface area contributed by atoms with Gasteiger partial charge in [0.25, 0.3) is 5.91 Å². The normalized spacial score (nSPS) is 10.6. The third-order valence-electron chi connectivity index (χ3n) is 3.00. The molecule has 0 aliphatic carbocycles. The van der Waals surface area contributed by atoms with E-state index < -0.39 is 0 Å². The van der Waals surface area contributed by atoms with Gasteiger partial charge in [0.05, 0.1) is 12.6 Å². The van der Waals surface area contributed by atoms with Crippen molar-refractivity contribution in [3.05, 3.63) is 47.9 Å². The fourth-order valence-electron chi connectivity index (χ4n) is 2.03. The molecule has 2 aromatic heterocycles. The molecule has 1 N–H and O–H groups in total. The number of nitrogens with zero attached hydrogens (tertiary/aromatic N) is 2. The molecule has 3 rings (SSSR count). The van der Waals surface area contributed by atoms with Crippen molar-refractivity contribution >= 4 is 22.6 Å². The SMILES string of the molecule is COc1cc(C(=O)Nc2cc(C)on2)nc2ccccc12. The summed E-state index contributed by atoms with van der Waals surface area (Å²) in [7, 11) is 1.56. The molecular weight excluding hydrogens is 270 g/mol. The summed E-state index contributed by atoms with van der Waals surface area (Å²) < 4.78 is 10.2. The molecule has 6 heteroatoms. The van der Waals surface area contributed by atoms with Gasteiger partial charge in [-0.25, -0.2) is 4.98 Å². The Hall–Kier alpha value is -2.89. The molecule has 2 heterocycles. The van der Waals surface area contributed by atoms with E-state index in [2.05, 4.69) is 15.5 Å². The number of ether oxygens (including phenoxy) is 1. The number of aromatic nitrogens is 2. The zero-order valence-electron chi connectivity index (χ0n) is 11.6. The van der Waals surface area contributed by atoms with Gasteiger partial charge in [0.1, 0.15) is 17.2 Å². The first-order valence-electron chi connectivity index (χ1n) is 6.36. The molecule has 0 aliphatic heterocycles. The quantitative estimate of drug-likeness (QED) is 0.799. The van der Waals surface area contributed by atoms with Gasteiger partial charge >= 0.3 is 0 Å². The predicted molar refractivity (Wildman–Crippen MR) is 77.5 cm³/mol. The second kappa shape index (κ2) is 5.24. The molecule has 0 radical (unpaired) electrons. The minimum Gasteiger partial charge on any atom is -0.496 e. The van der Waals surface area contributed by atoms with E-state index >= 15 is 0 Å². The summed E-state index contributed by atoms with van der Waals surface area (Å²) in [6.07, 6.45) is 0. The lowest BCUT2D eigenvalue weighted by molar-refractivity contribution is 0.102. The number of rotatable bonds is 3. The van der Waals surface area contributed by atoms with Crippen LogP contribution < -0.4 is 10.1 Å². The van der Waals surface area contributed by atoms with E-state index in [1.54, 1.807) is 26.2 Å². The van der Waals surface area contributed by atoms with E-state index in [9.17, 15) is 4.79 Å².